The van der Waals surface area contributed by atoms with E-state index in [0.29, 0.717) is 12.8 Å². The van der Waals surface area contributed by atoms with Crippen molar-refractivity contribution in [1.29, 1.82) is 0 Å². The first-order valence-corrected chi connectivity index (χ1v) is 7.69. The second-order valence-electron chi connectivity index (χ2n) is 6.07. The number of carbonyl (C=O) groups excluding carboxylic acids is 1. The topological polar surface area (TPSA) is 137 Å². The Morgan fingerprint density at radius 2 is 1.96 bits per heavy atom. The van der Waals surface area contributed by atoms with Crippen LogP contribution in [-0.4, -0.2) is 74.4 Å². The quantitative estimate of drug-likeness (QED) is 0.225. The molecule has 138 valence electrons. The van der Waals surface area contributed by atoms with Crippen LogP contribution in [0.4, 0.5) is 0 Å². The number of aliphatic hydroxyl groups excluding tert-OH is 4. The fraction of sp³-hybridized carbons (Fsp3) is 0.688. The molecule has 8 heteroatoms. The maximum Gasteiger partial charge on any atom is 0.336 e. The summed E-state index contributed by atoms with van der Waals surface area (Å²) in [5.74, 6) is -0.876. The van der Waals surface area contributed by atoms with Crippen LogP contribution in [0.1, 0.15) is 26.7 Å². The van der Waals surface area contributed by atoms with Crippen molar-refractivity contribution in [3.63, 3.8) is 0 Å². The molecule has 1 heterocycles. The normalized spacial score (nSPS) is 33.6. The molecule has 0 spiro atoms. The molecular formula is C16H26O8. The van der Waals surface area contributed by atoms with Gasteiger partial charge in [0.15, 0.2) is 12.4 Å². The first kappa shape index (κ1) is 20.8. The van der Waals surface area contributed by atoms with Gasteiger partial charge < -0.3 is 35.0 Å². The standard InChI is InChI=1S/C16H26O8/c1-4-16(3,22)7-5-6-10(8-17)14(20)24-13-9(2)23-15(21)12(19)11(13)18/h4,6,9,11-13,15,17-19,21-22H,1,5,7-8H2,2-3H3/b10-6+/t9-,11-,12-,13-,15+,16?/m1/s1. The molecule has 1 unspecified atom stereocenters. The SMILES string of the molecule is C=CC(C)(O)CC/C=C(\CO)C(=O)O[C@H]1[C@H](O)[C@@H](O)[C@@H](O)O[C@@H]1C. The lowest BCUT2D eigenvalue weighted by Crippen LogP contribution is -2.58. The summed E-state index contributed by atoms with van der Waals surface area (Å²) >= 11 is 0. The number of ether oxygens (including phenoxy) is 2. The summed E-state index contributed by atoms with van der Waals surface area (Å²) < 4.78 is 10.1. The molecule has 8 nitrogen and oxygen atoms in total. The molecule has 0 bridgehead atoms. The number of aliphatic hydroxyl groups is 5. The molecule has 0 saturated carbocycles. The summed E-state index contributed by atoms with van der Waals surface area (Å²) in [5, 5.41) is 48.0. The zero-order valence-electron chi connectivity index (χ0n) is 13.8. The van der Waals surface area contributed by atoms with Crippen molar-refractivity contribution in [3.8, 4) is 0 Å². The predicted octanol–water partition coefficient (Wildman–Crippen LogP) is -1.01. The summed E-state index contributed by atoms with van der Waals surface area (Å²) in [4.78, 5) is 12.1. The Morgan fingerprint density at radius 1 is 1.33 bits per heavy atom. The Labute approximate surface area is 140 Å². The van der Waals surface area contributed by atoms with E-state index in [1.54, 1.807) is 6.92 Å². The average molecular weight is 346 g/mol. The summed E-state index contributed by atoms with van der Waals surface area (Å²) in [7, 11) is 0. The van der Waals surface area contributed by atoms with Crippen molar-refractivity contribution in [2.24, 2.45) is 0 Å². The predicted molar refractivity (Wildman–Crippen MR) is 83.7 cm³/mol. The van der Waals surface area contributed by atoms with Crippen LogP contribution in [0.5, 0.6) is 0 Å². The summed E-state index contributed by atoms with van der Waals surface area (Å²) in [6.07, 6.45) is -3.34. The Kier molecular flexibility index (Phi) is 7.53. The van der Waals surface area contributed by atoms with E-state index in [2.05, 4.69) is 6.58 Å². The molecule has 1 fully saturated rings. The molecular weight excluding hydrogens is 320 g/mol. The number of rotatable bonds is 7. The molecule has 1 saturated heterocycles. The fourth-order valence-electron chi connectivity index (χ4n) is 2.24. The molecule has 0 aliphatic carbocycles. The zero-order valence-corrected chi connectivity index (χ0v) is 13.8. The van der Waals surface area contributed by atoms with Crippen LogP contribution in [0, 0.1) is 0 Å². The molecule has 5 N–H and O–H groups in total. The highest BCUT2D eigenvalue weighted by Gasteiger charge is 2.44. The molecule has 1 rings (SSSR count). The smallest absolute Gasteiger partial charge is 0.336 e. The highest BCUT2D eigenvalue weighted by molar-refractivity contribution is 5.88. The molecule has 0 amide bonds. The fourth-order valence-corrected chi connectivity index (χ4v) is 2.24. The van der Waals surface area contributed by atoms with Gasteiger partial charge in [-0.15, -0.1) is 6.58 Å². The van der Waals surface area contributed by atoms with Gasteiger partial charge in [0.05, 0.1) is 23.9 Å². The van der Waals surface area contributed by atoms with Gasteiger partial charge in [-0.1, -0.05) is 12.2 Å². The van der Waals surface area contributed by atoms with Gasteiger partial charge in [-0.2, -0.15) is 0 Å². The van der Waals surface area contributed by atoms with Gasteiger partial charge in [0.1, 0.15) is 12.2 Å². The van der Waals surface area contributed by atoms with Gasteiger partial charge >= 0.3 is 5.97 Å². The van der Waals surface area contributed by atoms with E-state index in [0.717, 1.165) is 0 Å². The van der Waals surface area contributed by atoms with Crippen molar-refractivity contribution in [1.82, 2.24) is 0 Å². The Balaban J connectivity index is 2.71. The zero-order chi connectivity index (χ0) is 18.5. The van der Waals surface area contributed by atoms with E-state index < -0.39 is 48.9 Å². The summed E-state index contributed by atoms with van der Waals surface area (Å²) in [6, 6.07) is 0. The van der Waals surface area contributed by atoms with Crippen molar-refractivity contribution in [2.75, 3.05) is 6.61 Å². The molecule has 0 aromatic carbocycles. The lowest BCUT2D eigenvalue weighted by Gasteiger charge is -2.38. The van der Waals surface area contributed by atoms with Gasteiger partial charge in [-0.3, -0.25) is 0 Å². The van der Waals surface area contributed by atoms with Crippen molar-refractivity contribution in [2.45, 2.75) is 63.0 Å². The molecule has 0 aromatic rings. The van der Waals surface area contributed by atoms with Gasteiger partial charge in [0, 0.05) is 0 Å². The van der Waals surface area contributed by atoms with E-state index >= 15 is 0 Å². The number of allylic oxidation sites excluding steroid dienone is 1. The summed E-state index contributed by atoms with van der Waals surface area (Å²) in [5.41, 5.74) is -1.14. The molecule has 1 aliphatic rings. The van der Waals surface area contributed by atoms with Crippen molar-refractivity contribution in [3.05, 3.63) is 24.3 Å². The van der Waals surface area contributed by atoms with Crippen molar-refractivity contribution >= 4 is 5.97 Å². The number of carbonyl (C=O) groups is 1. The molecule has 24 heavy (non-hydrogen) atoms. The van der Waals surface area contributed by atoms with Crippen LogP contribution in [0.3, 0.4) is 0 Å². The number of hydrogen-bond donors (Lipinski definition) is 5. The van der Waals surface area contributed by atoms with Crippen LogP contribution >= 0.6 is 0 Å². The lowest BCUT2D eigenvalue weighted by molar-refractivity contribution is -0.280. The highest BCUT2D eigenvalue weighted by atomic mass is 16.7. The Bertz CT molecular complexity index is 473. The first-order valence-electron chi connectivity index (χ1n) is 7.69. The third-order valence-corrected chi connectivity index (χ3v) is 3.95. The number of hydrogen-bond acceptors (Lipinski definition) is 8. The van der Waals surface area contributed by atoms with Crippen LogP contribution in [0.15, 0.2) is 24.3 Å². The van der Waals surface area contributed by atoms with Crippen LogP contribution in [0.2, 0.25) is 0 Å². The minimum Gasteiger partial charge on any atom is -0.453 e. The van der Waals surface area contributed by atoms with E-state index in [-0.39, 0.29) is 5.57 Å². The van der Waals surface area contributed by atoms with Crippen LogP contribution in [0.25, 0.3) is 0 Å². The first-order chi connectivity index (χ1) is 11.1. The third kappa shape index (κ3) is 5.37. The molecule has 0 aromatic heterocycles. The van der Waals surface area contributed by atoms with Gasteiger partial charge in [0.2, 0.25) is 0 Å². The third-order valence-electron chi connectivity index (χ3n) is 3.95. The van der Waals surface area contributed by atoms with Gasteiger partial charge in [-0.05, 0) is 26.7 Å². The average Bonchev–Trinajstić information content (AvgIpc) is 2.53. The van der Waals surface area contributed by atoms with Gasteiger partial charge in [0.25, 0.3) is 0 Å². The maximum absolute atomic E-state index is 12.1. The van der Waals surface area contributed by atoms with E-state index in [9.17, 15) is 30.3 Å². The Morgan fingerprint density at radius 3 is 2.50 bits per heavy atom. The number of esters is 1. The van der Waals surface area contributed by atoms with Gasteiger partial charge in [-0.25, -0.2) is 4.79 Å². The maximum atomic E-state index is 12.1. The second kappa shape index (κ2) is 8.70. The summed E-state index contributed by atoms with van der Waals surface area (Å²) in [6.45, 7) is 5.95. The minimum absolute atomic E-state index is 0.0464. The largest absolute Gasteiger partial charge is 0.453 e. The monoisotopic (exact) mass is 346 g/mol. The molecule has 6 atom stereocenters. The minimum atomic E-state index is -1.61. The Hall–Kier alpha value is -1.29. The van der Waals surface area contributed by atoms with Crippen LogP contribution in [-0.2, 0) is 14.3 Å². The van der Waals surface area contributed by atoms with Crippen molar-refractivity contribution < 1.29 is 39.8 Å². The second-order valence-corrected chi connectivity index (χ2v) is 6.07. The van der Waals surface area contributed by atoms with E-state index in [4.69, 9.17) is 9.47 Å². The van der Waals surface area contributed by atoms with E-state index in [1.807, 2.05) is 0 Å². The van der Waals surface area contributed by atoms with Crippen LogP contribution < -0.4 is 0 Å². The molecule has 0 radical (unpaired) electrons. The van der Waals surface area contributed by atoms with E-state index in [1.165, 1.54) is 19.1 Å². The molecule has 1 aliphatic heterocycles. The highest BCUT2D eigenvalue weighted by Crippen LogP contribution is 2.23. The lowest BCUT2D eigenvalue weighted by atomic mass is 9.99.